The maximum absolute atomic E-state index is 12.3. The van der Waals surface area contributed by atoms with Gasteiger partial charge in [0.1, 0.15) is 5.75 Å². The molecule has 0 saturated carbocycles. The van der Waals surface area contributed by atoms with Crippen molar-refractivity contribution in [3.8, 4) is 5.75 Å². The molecule has 1 N–H and O–H groups in total. The highest BCUT2D eigenvalue weighted by Crippen LogP contribution is 2.23. The van der Waals surface area contributed by atoms with Crippen molar-refractivity contribution in [1.29, 1.82) is 0 Å². The molecule has 1 aromatic rings. The topological polar surface area (TPSA) is 49.8 Å². The number of nitrogens with zero attached hydrogens (tertiary/aromatic N) is 1. The number of rotatable bonds is 3. The minimum Gasteiger partial charge on any atom is -0.434 e. The number of carbonyl (C=O) groups is 1. The zero-order valence-electron chi connectivity index (χ0n) is 10.3. The first-order valence-electron chi connectivity index (χ1n) is 6.09. The van der Waals surface area contributed by atoms with E-state index in [0.717, 1.165) is 0 Å². The number of halogens is 2. The summed E-state index contributed by atoms with van der Waals surface area (Å²) < 4.78 is 28.9. The lowest BCUT2D eigenvalue weighted by Crippen LogP contribution is -2.40. The Morgan fingerprint density at radius 1 is 1.32 bits per heavy atom. The molecule has 0 aromatic heterocycles. The molecule has 2 rings (SSSR count). The van der Waals surface area contributed by atoms with Crippen molar-refractivity contribution in [1.82, 2.24) is 4.90 Å². The monoisotopic (exact) mass is 271 g/mol. The molecule has 1 aromatic carbocycles. The van der Waals surface area contributed by atoms with Crippen LogP contribution < -0.4 is 4.74 Å². The number of piperidine rings is 1. The van der Waals surface area contributed by atoms with Crippen molar-refractivity contribution in [2.75, 3.05) is 13.1 Å². The molecule has 1 heterocycles. The highest BCUT2D eigenvalue weighted by molar-refractivity contribution is 5.97. The second-order valence-corrected chi connectivity index (χ2v) is 4.40. The highest BCUT2D eigenvalue weighted by Gasteiger charge is 2.24. The molecular weight excluding hydrogens is 256 g/mol. The first kappa shape index (κ1) is 13.7. The number of carbonyl (C=O) groups excluding carboxylic acids is 1. The quantitative estimate of drug-likeness (QED) is 0.913. The van der Waals surface area contributed by atoms with Gasteiger partial charge < -0.3 is 14.7 Å². The van der Waals surface area contributed by atoms with Crippen LogP contribution in [0.25, 0.3) is 0 Å². The number of amides is 1. The van der Waals surface area contributed by atoms with E-state index in [1.807, 2.05) is 0 Å². The van der Waals surface area contributed by atoms with Crippen molar-refractivity contribution in [2.45, 2.75) is 25.6 Å². The zero-order chi connectivity index (χ0) is 13.8. The minimum absolute atomic E-state index is 0.117. The Bertz CT molecular complexity index is 445. The molecule has 1 fully saturated rings. The maximum atomic E-state index is 12.3. The Hall–Kier alpha value is -1.69. The van der Waals surface area contributed by atoms with Crippen LogP contribution in [0.4, 0.5) is 8.78 Å². The summed E-state index contributed by atoms with van der Waals surface area (Å²) in [5, 5.41) is 9.39. The fourth-order valence-electron chi connectivity index (χ4n) is 2.08. The number of aliphatic hydroxyl groups is 1. The van der Waals surface area contributed by atoms with Gasteiger partial charge in [0.05, 0.1) is 11.7 Å². The molecule has 6 heteroatoms. The van der Waals surface area contributed by atoms with Gasteiger partial charge in [0, 0.05) is 13.1 Å². The second-order valence-electron chi connectivity index (χ2n) is 4.40. The maximum Gasteiger partial charge on any atom is 0.387 e. The lowest BCUT2D eigenvalue weighted by molar-refractivity contribution is -0.0503. The Kier molecular flexibility index (Phi) is 4.31. The molecule has 0 bridgehead atoms. The summed E-state index contributed by atoms with van der Waals surface area (Å²) in [5.74, 6) is -0.461. The minimum atomic E-state index is -2.96. The summed E-state index contributed by atoms with van der Waals surface area (Å²) in [6.07, 6.45) is 0.615. The number of likely N-dealkylation sites (tertiary alicyclic amines) is 1. The van der Waals surface area contributed by atoms with Crippen molar-refractivity contribution < 1.29 is 23.4 Å². The van der Waals surface area contributed by atoms with Gasteiger partial charge >= 0.3 is 6.61 Å². The van der Waals surface area contributed by atoms with Gasteiger partial charge in [0.2, 0.25) is 0 Å². The third-order valence-corrected chi connectivity index (χ3v) is 3.09. The van der Waals surface area contributed by atoms with Crippen LogP contribution in [0.2, 0.25) is 0 Å². The first-order valence-corrected chi connectivity index (χ1v) is 6.09. The predicted octanol–water partition coefficient (Wildman–Crippen LogP) is 1.88. The summed E-state index contributed by atoms with van der Waals surface area (Å²) in [7, 11) is 0. The van der Waals surface area contributed by atoms with Gasteiger partial charge in [-0.2, -0.15) is 8.78 Å². The summed E-state index contributed by atoms with van der Waals surface area (Å²) in [4.78, 5) is 13.8. The Balaban J connectivity index is 2.14. The predicted molar refractivity (Wildman–Crippen MR) is 64.2 cm³/mol. The molecule has 0 radical (unpaired) electrons. The van der Waals surface area contributed by atoms with Crippen LogP contribution in [0.3, 0.4) is 0 Å². The van der Waals surface area contributed by atoms with Gasteiger partial charge in [-0.25, -0.2) is 0 Å². The first-order chi connectivity index (χ1) is 9.08. The van der Waals surface area contributed by atoms with Crippen molar-refractivity contribution in [3.63, 3.8) is 0 Å². The second kappa shape index (κ2) is 5.97. The summed E-state index contributed by atoms with van der Waals surface area (Å²) in [6, 6.07) is 5.95. The summed E-state index contributed by atoms with van der Waals surface area (Å²) in [5.41, 5.74) is 0.124. The summed E-state index contributed by atoms with van der Waals surface area (Å²) >= 11 is 0. The lowest BCUT2D eigenvalue weighted by atomic mass is 10.1. The van der Waals surface area contributed by atoms with E-state index in [2.05, 4.69) is 4.74 Å². The van der Waals surface area contributed by atoms with Crippen LogP contribution in [0.5, 0.6) is 5.75 Å². The van der Waals surface area contributed by atoms with E-state index in [-0.39, 0.29) is 17.2 Å². The fourth-order valence-corrected chi connectivity index (χ4v) is 2.08. The number of hydrogen-bond donors (Lipinski definition) is 1. The molecule has 1 aliphatic rings. The molecule has 19 heavy (non-hydrogen) atoms. The molecule has 0 aliphatic carbocycles. The van der Waals surface area contributed by atoms with Crippen LogP contribution in [0.15, 0.2) is 24.3 Å². The number of ether oxygens (including phenoxy) is 1. The van der Waals surface area contributed by atoms with Gasteiger partial charge in [-0.15, -0.1) is 0 Å². The average Bonchev–Trinajstić information content (AvgIpc) is 2.39. The lowest BCUT2D eigenvalue weighted by Gasteiger charge is -2.30. The fraction of sp³-hybridized carbons (Fsp3) is 0.462. The number of benzene rings is 1. The number of hydrogen-bond acceptors (Lipinski definition) is 3. The summed E-state index contributed by atoms with van der Waals surface area (Å²) in [6.45, 7) is -2.12. The van der Waals surface area contributed by atoms with E-state index in [1.54, 1.807) is 11.0 Å². The molecule has 1 aliphatic heterocycles. The Morgan fingerprint density at radius 2 is 1.95 bits per heavy atom. The molecule has 0 unspecified atom stereocenters. The largest absolute Gasteiger partial charge is 0.434 e. The van der Waals surface area contributed by atoms with Gasteiger partial charge in [-0.05, 0) is 25.0 Å². The van der Waals surface area contributed by atoms with Gasteiger partial charge in [-0.3, -0.25) is 4.79 Å². The molecule has 1 saturated heterocycles. The Morgan fingerprint density at radius 3 is 2.58 bits per heavy atom. The van der Waals surface area contributed by atoms with E-state index < -0.39 is 12.7 Å². The third-order valence-electron chi connectivity index (χ3n) is 3.09. The normalized spacial score (nSPS) is 16.7. The van der Waals surface area contributed by atoms with E-state index in [4.69, 9.17) is 0 Å². The van der Waals surface area contributed by atoms with Crippen molar-refractivity contribution >= 4 is 5.91 Å². The van der Waals surface area contributed by atoms with Crippen LogP contribution in [-0.2, 0) is 0 Å². The standard InChI is InChI=1S/C13H15F2NO3/c14-13(15)19-11-4-2-1-3-10(11)12(18)16-7-5-9(17)6-8-16/h1-4,9,13,17H,5-8H2. The van der Waals surface area contributed by atoms with Crippen molar-refractivity contribution in [3.05, 3.63) is 29.8 Å². The van der Waals surface area contributed by atoms with Crippen LogP contribution >= 0.6 is 0 Å². The van der Waals surface area contributed by atoms with Gasteiger partial charge in [0.25, 0.3) is 5.91 Å². The van der Waals surface area contributed by atoms with E-state index in [0.29, 0.717) is 25.9 Å². The van der Waals surface area contributed by atoms with Gasteiger partial charge in [0.15, 0.2) is 0 Å². The number of alkyl halides is 2. The van der Waals surface area contributed by atoms with E-state index in [9.17, 15) is 18.7 Å². The molecular formula is C13H15F2NO3. The highest BCUT2D eigenvalue weighted by atomic mass is 19.3. The molecule has 0 atom stereocenters. The van der Waals surface area contributed by atoms with Crippen molar-refractivity contribution in [2.24, 2.45) is 0 Å². The van der Waals surface area contributed by atoms with E-state index in [1.165, 1.54) is 18.2 Å². The zero-order valence-corrected chi connectivity index (χ0v) is 10.3. The van der Waals surface area contributed by atoms with Crippen LogP contribution in [-0.4, -0.2) is 41.7 Å². The molecule has 1 amide bonds. The number of aliphatic hydroxyl groups excluding tert-OH is 1. The number of para-hydroxylation sites is 1. The third kappa shape index (κ3) is 3.41. The van der Waals surface area contributed by atoms with Crippen LogP contribution in [0, 0.1) is 0 Å². The molecule has 0 spiro atoms. The van der Waals surface area contributed by atoms with Gasteiger partial charge in [-0.1, -0.05) is 12.1 Å². The van der Waals surface area contributed by atoms with E-state index >= 15 is 0 Å². The average molecular weight is 271 g/mol. The molecule has 104 valence electrons. The van der Waals surface area contributed by atoms with Crippen LogP contribution in [0.1, 0.15) is 23.2 Å². The smallest absolute Gasteiger partial charge is 0.387 e. The SMILES string of the molecule is O=C(c1ccccc1OC(F)F)N1CCC(O)CC1. The Labute approximate surface area is 109 Å². The molecule has 4 nitrogen and oxygen atoms in total.